The molecule has 21 heavy (non-hydrogen) atoms. The number of rotatable bonds is 2. The predicted octanol–water partition coefficient (Wildman–Crippen LogP) is 3.76. The third kappa shape index (κ3) is 1.69. The van der Waals surface area contributed by atoms with E-state index in [0.717, 1.165) is 11.3 Å². The van der Waals surface area contributed by atoms with Crippen LogP contribution in [-0.2, 0) is 0 Å². The van der Waals surface area contributed by atoms with Crippen molar-refractivity contribution in [2.24, 2.45) is 0 Å². The molecule has 4 nitrogen and oxygen atoms in total. The first-order valence-corrected chi connectivity index (χ1v) is 7.29. The normalized spacial score (nSPS) is 15.0. The summed E-state index contributed by atoms with van der Waals surface area (Å²) < 4.78 is 2.04. The fourth-order valence-corrected chi connectivity index (χ4v) is 2.94. The van der Waals surface area contributed by atoms with Crippen LogP contribution in [0.25, 0.3) is 27.8 Å². The summed E-state index contributed by atoms with van der Waals surface area (Å²) in [5.41, 5.74) is 5.54. The van der Waals surface area contributed by atoms with Gasteiger partial charge in [0.25, 0.3) is 0 Å². The minimum atomic E-state index is 0.684. The van der Waals surface area contributed by atoms with Gasteiger partial charge in [0.1, 0.15) is 11.3 Å². The molecule has 0 aliphatic heterocycles. The van der Waals surface area contributed by atoms with Crippen molar-refractivity contribution in [3.8, 4) is 11.1 Å². The van der Waals surface area contributed by atoms with Gasteiger partial charge in [-0.15, -0.1) is 0 Å². The smallest absolute Gasteiger partial charge is 0.138 e. The highest BCUT2D eigenvalue weighted by Gasteiger charge is 2.25. The van der Waals surface area contributed by atoms with Crippen LogP contribution in [0.1, 0.15) is 24.5 Å². The Balaban J connectivity index is 1.68. The highest BCUT2D eigenvalue weighted by atomic mass is 15.0. The third-order valence-electron chi connectivity index (χ3n) is 4.26. The number of aromatic nitrogens is 4. The SMILES string of the molecule is c1cn2cc(-c3c[nH]c4nc(C5CC5)ccc34)ccc2n1. The van der Waals surface area contributed by atoms with Crippen LogP contribution in [0.4, 0.5) is 0 Å². The molecule has 4 aromatic rings. The highest BCUT2D eigenvalue weighted by molar-refractivity contribution is 5.93. The third-order valence-corrected chi connectivity index (χ3v) is 4.26. The lowest BCUT2D eigenvalue weighted by molar-refractivity contribution is 1.04. The summed E-state index contributed by atoms with van der Waals surface area (Å²) in [7, 11) is 0. The van der Waals surface area contributed by atoms with E-state index in [0.29, 0.717) is 5.92 Å². The van der Waals surface area contributed by atoms with Gasteiger partial charge in [0.05, 0.1) is 0 Å². The van der Waals surface area contributed by atoms with Gasteiger partial charge < -0.3 is 9.38 Å². The largest absolute Gasteiger partial charge is 0.346 e. The summed E-state index contributed by atoms with van der Waals surface area (Å²) in [4.78, 5) is 12.4. The number of imidazole rings is 1. The Labute approximate surface area is 121 Å². The number of pyridine rings is 2. The molecule has 0 atom stereocenters. The van der Waals surface area contributed by atoms with Gasteiger partial charge in [-0.1, -0.05) is 0 Å². The number of hydrogen-bond donors (Lipinski definition) is 1. The maximum Gasteiger partial charge on any atom is 0.138 e. The van der Waals surface area contributed by atoms with Crippen molar-refractivity contribution in [3.05, 3.63) is 54.7 Å². The highest BCUT2D eigenvalue weighted by Crippen LogP contribution is 2.40. The molecule has 102 valence electrons. The van der Waals surface area contributed by atoms with Crippen molar-refractivity contribution < 1.29 is 0 Å². The molecule has 4 aromatic heterocycles. The van der Waals surface area contributed by atoms with Crippen molar-refractivity contribution in [3.63, 3.8) is 0 Å². The molecule has 0 unspecified atom stereocenters. The fourth-order valence-electron chi connectivity index (χ4n) is 2.94. The second-order valence-corrected chi connectivity index (χ2v) is 5.72. The minimum Gasteiger partial charge on any atom is -0.346 e. The second kappa shape index (κ2) is 3.95. The molecule has 0 bridgehead atoms. The molecule has 1 aliphatic rings. The molecule has 1 aliphatic carbocycles. The molecule has 0 amide bonds. The molecule has 4 heteroatoms. The summed E-state index contributed by atoms with van der Waals surface area (Å²) >= 11 is 0. The van der Waals surface area contributed by atoms with E-state index in [-0.39, 0.29) is 0 Å². The zero-order valence-corrected chi connectivity index (χ0v) is 11.5. The van der Waals surface area contributed by atoms with Gasteiger partial charge in [-0.05, 0) is 37.1 Å². The number of fused-ring (bicyclic) bond motifs is 2. The van der Waals surface area contributed by atoms with E-state index in [1.807, 2.05) is 29.1 Å². The molecule has 1 fully saturated rings. The number of H-pyrrole nitrogens is 1. The summed E-state index contributed by atoms with van der Waals surface area (Å²) in [5, 5.41) is 1.18. The average Bonchev–Trinajstić information content (AvgIpc) is 3.11. The van der Waals surface area contributed by atoms with E-state index in [2.05, 4.69) is 34.4 Å². The van der Waals surface area contributed by atoms with Gasteiger partial charge in [0.2, 0.25) is 0 Å². The van der Waals surface area contributed by atoms with E-state index in [1.165, 1.54) is 35.0 Å². The van der Waals surface area contributed by atoms with Gasteiger partial charge in [-0.2, -0.15) is 0 Å². The van der Waals surface area contributed by atoms with Gasteiger partial charge in [0, 0.05) is 52.9 Å². The van der Waals surface area contributed by atoms with Gasteiger partial charge in [-0.3, -0.25) is 0 Å². The average molecular weight is 274 g/mol. The summed E-state index contributed by atoms with van der Waals surface area (Å²) in [6, 6.07) is 8.52. The van der Waals surface area contributed by atoms with E-state index < -0.39 is 0 Å². The Morgan fingerprint density at radius 2 is 2.10 bits per heavy atom. The van der Waals surface area contributed by atoms with Gasteiger partial charge in [0.15, 0.2) is 0 Å². The first kappa shape index (κ1) is 11.1. The van der Waals surface area contributed by atoms with Crippen LogP contribution in [0.2, 0.25) is 0 Å². The van der Waals surface area contributed by atoms with Crippen LogP contribution in [0.3, 0.4) is 0 Å². The molecule has 4 heterocycles. The molecule has 0 radical (unpaired) electrons. The second-order valence-electron chi connectivity index (χ2n) is 5.72. The van der Waals surface area contributed by atoms with Crippen molar-refractivity contribution in [2.45, 2.75) is 18.8 Å². The summed E-state index contributed by atoms with van der Waals surface area (Å²) in [6.07, 6.45) is 10.5. The molecular formula is C17H14N4. The Morgan fingerprint density at radius 1 is 1.14 bits per heavy atom. The topological polar surface area (TPSA) is 46.0 Å². The zero-order valence-electron chi connectivity index (χ0n) is 11.5. The van der Waals surface area contributed by atoms with E-state index in [9.17, 15) is 0 Å². The first-order valence-electron chi connectivity index (χ1n) is 7.29. The van der Waals surface area contributed by atoms with E-state index >= 15 is 0 Å². The monoisotopic (exact) mass is 274 g/mol. The Kier molecular flexibility index (Phi) is 2.08. The molecule has 5 rings (SSSR count). The first-order chi connectivity index (χ1) is 10.4. The van der Waals surface area contributed by atoms with Crippen LogP contribution < -0.4 is 0 Å². The molecule has 0 aromatic carbocycles. The quantitative estimate of drug-likeness (QED) is 0.605. The van der Waals surface area contributed by atoms with Crippen LogP contribution in [0, 0.1) is 0 Å². The molecule has 0 saturated heterocycles. The number of nitrogens with zero attached hydrogens (tertiary/aromatic N) is 3. The van der Waals surface area contributed by atoms with Crippen LogP contribution >= 0.6 is 0 Å². The molecular weight excluding hydrogens is 260 g/mol. The molecule has 1 saturated carbocycles. The Hall–Kier alpha value is -2.62. The van der Waals surface area contributed by atoms with Crippen molar-refractivity contribution in [1.82, 2.24) is 19.4 Å². The lowest BCUT2D eigenvalue weighted by Gasteiger charge is -2.02. The maximum atomic E-state index is 4.76. The zero-order chi connectivity index (χ0) is 13.8. The van der Waals surface area contributed by atoms with Crippen LogP contribution in [0.5, 0.6) is 0 Å². The number of nitrogens with one attached hydrogen (secondary N) is 1. The van der Waals surface area contributed by atoms with Gasteiger partial charge >= 0.3 is 0 Å². The number of aromatic amines is 1. The van der Waals surface area contributed by atoms with E-state index in [4.69, 9.17) is 4.98 Å². The van der Waals surface area contributed by atoms with Gasteiger partial charge in [-0.25, -0.2) is 9.97 Å². The fraction of sp³-hybridized carbons (Fsp3) is 0.176. The number of hydrogen-bond acceptors (Lipinski definition) is 2. The minimum absolute atomic E-state index is 0.684. The van der Waals surface area contributed by atoms with Crippen molar-refractivity contribution in [1.29, 1.82) is 0 Å². The summed E-state index contributed by atoms with van der Waals surface area (Å²) in [5.74, 6) is 0.684. The lowest BCUT2D eigenvalue weighted by Crippen LogP contribution is -1.87. The molecule has 0 spiro atoms. The Bertz CT molecular complexity index is 959. The van der Waals surface area contributed by atoms with Crippen LogP contribution in [-0.4, -0.2) is 19.4 Å². The lowest BCUT2D eigenvalue weighted by atomic mass is 10.1. The van der Waals surface area contributed by atoms with Crippen LogP contribution in [0.15, 0.2) is 49.1 Å². The molecule has 1 N–H and O–H groups in total. The Morgan fingerprint density at radius 3 is 3.00 bits per heavy atom. The standard InChI is InChI=1S/C17H14N4/c1-2-11(1)15-5-4-13-14(9-19-17(13)20-15)12-3-6-16-18-7-8-21(16)10-12/h3-11H,1-2H2,(H,19,20). The predicted molar refractivity (Wildman–Crippen MR) is 82.3 cm³/mol. The maximum absolute atomic E-state index is 4.76. The van der Waals surface area contributed by atoms with Crippen molar-refractivity contribution >= 4 is 16.7 Å². The van der Waals surface area contributed by atoms with E-state index in [1.54, 1.807) is 0 Å². The summed E-state index contributed by atoms with van der Waals surface area (Å²) in [6.45, 7) is 0. The van der Waals surface area contributed by atoms with Crippen molar-refractivity contribution in [2.75, 3.05) is 0 Å².